The first-order valence-corrected chi connectivity index (χ1v) is 6.41. The topological polar surface area (TPSA) is 68.9 Å². The molecule has 3 N–H and O–H groups in total. The number of methoxy groups -OCH3 is 1. The van der Waals surface area contributed by atoms with Crippen LogP contribution >= 0.6 is 24.0 Å². The molecular formula is C12H28IN3O2. The second kappa shape index (κ2) is 16.9. The second-order valence-corrected chi connectivity index (χ2v) is 3.86. The molecule has 0 unspecified atom stereocenters. The Labute approximate surface area is 128 Å². The Morgan fingerprint density at radius 1 is 1.17 bits per heavy atom. The Kier molecular flexibility index (Phi) is 19.0. The molecule has 0 aliphatic carbocycles. The van der Waals surface area contributed by atoms with Crippen molar-refractivity contribution in [3.63, 3.8) is 0 Å². The molecule has 0 bridgehead atoms. The van der Waals surface area contributed by atoms with Gasteiger partial charge in [0.2, 0.25) is 0 Å². The minimum Gasteiger partial charge on any atom is -0.382 e. The minimum absolute atomic E-state index is 0. The molecule has 0 aromatic heterocycles. The normalized spacial score (nSPS) is 11.1. The van der Waals surface area contributed by atoms with E-state index in [1.165, 1.54) is 19.3 Å². The highest BCUT2D eigenvalue weighted by Crippen LogP contribution is 1.98. The minimum atomic E-state index is 0. The highest BCUT2D eigenvalue weighted by molar-refractivity contribution is 14.0. The number of rotatable bonds is 11. The van der Waals surface area contributed by atoms with Crippen LogP contribution in [-0.2, 0) is 9.47 Å². The van der Waals surface area contributed by atoms with Crippen LogP contribution in [0, 0.1) is 0 Å². The molecule has 0 saturated heterocycles. The van der Waals surface area contributed by atoms with E-state index in [1.807, 2.05) is 0 Å². The van der Waals surface area contributed by atoms with Crippen molar-refractivity contribution in [2.75, 3.05) is 40.0 Å². The molecule has 0 rings (SSSR count). The Morgan fingerprint density at radius 2 is 1.94 bits per heavy atom. The van der Waals surface area contributed by atoms with Crippen LogP contribution in [0.15, 0.2) is 4.99 Å². The monoisotopic (exact) mass is 373 g/mol. The number of guanidine groups is 1. The van der Waals surface area contributed by atoms with Gasteiger partial charge in [0.05, 0.1) is 19.8 Å². The van der Waals surface area contributed by atoms with Gasteiger partial charge in [-0.15, -0.1) is 24.0 Å². The number of halogens is 1. The molecule has 0 aromatic rings. The molecule has 0 amide bonds. The molecule has 0 aromatic carbocycles. The average Bonchev–Trinajstić information content (AvgIpc) is 2.33. The number of hydrogen-bond donors (Lipinski definition) is 2. The molecule has 0 heterocycles. The van der Waals surface area contributed by atoms with E-state index in [4.69, 9.17) is 15.2 Å². The van der Waals surface area contributed by atoms with Crippen LogP contribution in [0.2, 0.25) is 0 Å². The number of unbranched alkanes of at least 4 members (excludes halogenated alkanes) is 3. The van der Waals surface area contributed by atoms with Gasteiger partial charge in [0, 0.05) is 20.2 Å². The zero-order chi connectivity index (χ0) is 12.8. The van der Waals surface area contributed by atoms with Crippen LogP contribution in [0.1, 0.15) is 32.6 Å². The van der Waals surface area contributed by atoms with Crippen molar-refractivity contribution in [3.05, 3.63) is 0 Å². The highest BCUT2D eigenvalue weighted by Gasteiger charge is 1.92. The maximum absolute atomic E-state index is 5.69. The average molecular weight is 373 g/mol. The van der Waals surface area contributed by atoms with Crippen LogP contribution in [0.25, 0.3) is 0 Å². The lowest BCUT2D eigenvalue weighted by Gasteiger charge is -2.06. The number of ether oxygens (including phenoxy) is 2. The molecule has 110 valence electrons. The maximum atomic E-state index is 5.69. The van der Waals surface area contributed by atoms with Gasteiger partial charge in [-0.05, 0) is 6.42 Å². The van der Waals surface area contributed by atoms with Crippen molar-refractivity contribution >= 4 is 29.9 Å². The third kappa shape index (κ3) is 15.9. The fourth-order valence-electron chi connectivity index (χ4n) is 1.29. The van der Waals surface area contributed by atoms with Gasteiger partial charge >= 0.3 is 0 Å². The lowest BCUT2D eigenvalue weighted by atomic mass is 10.2. The van der Waals surface area contributed by atoms with E-state index in [0.29, 0.717) is 32.3 Å². The summed E-state index contributed by atoms with van der Waals surface area (Å²) in [6.45, 7) is 5.56. The summed E-state index contributed by atoms with van der Waals surface area (Å²) in [5, 5.41) is 3.01. The maximum Gasteiger partial charge on any atom is 0.188 e. The lowest BCUT2D eigenvalue weighted by molar-refractivity contribution is 0.0734. The van der Waals surface area contributed by atoms with Gasteiger partial charge in [0.1, 0.15) is 0 Å². The van der Waals surface area contributed by atoms with E-state index in [2.05, 4.69) is 17.2 Å². The van der Waals surface area contributed by atoms with Crippen molar-refractivity contribution < 1.29 is 9.47 Å². The third-order valence-electron chi connectivity index (χ3n) is 2.28. The van der Waals surface area contributed by atoms with Gasteiger partial charge in [0.15, 0.2) is 5.96 Å². The van der Waals surface area contributed by atoms with Gasteiger partial charge in [-0.25, -0.2) is 0 Å². The first-order valence-electron chi connectivity index (χ1n) is 6.41. The predicted molar refractivity (Wildman–Crippen MR) is 86.7 cm³/mol. The van der Waals surface area contributed by atoms with Crippen LogP contribution < -0.4 is 11.1 Å². The fourth-order valence-corrected chi connectivity index (χ4v) is 1.29. The number of nitrogens with two attached hydrogens (primary N) is 1. The van der Waals surface area contributed by atoms with E-state index in [1.54, 1.807) is 7.11 Å². The summed E-state index contributed by atoms with van der Waals surface area (Å²) in [5.41, 5.74) is 5.69. The third-order valence-corrected chi connectivity index (χ3v) is 2.28. The van der Waals surface area contributed by atoms with Crippen LogP contribution in [0.4, 0.5) is 0 Å². The fraction of sp³-hybridized carbons (Fsp3) is 0.917. The SMILES string of the molecule is CCCCCCN=C(N)NCCOCCOC.I. The molecule has 18 heavy (non-hydrogen) atoms. The second-order valence-electron chi connectivity index (χ2n) is 3.86. The Morgan fingerprint density at radius 3 is 2.61 bits per heavy atom. The number of nitrogens with one attached hydrogen (secondary N) is 1. The largest absolute Gasteiger partial charge is 0.382 e. The van der Waals surface area contributed by atoms with E-state index in [-0.39, 0.29) is 24.0 Å². The van der Waals surface area contributed by atoms with Crippen molar-refractivity contribution in [1.29, 1.82) is 0 Å². The van der Waals surface area contributed by atoms with Crippen molar-refractivity contribution in [1.82, 2.24) is 5.32 Å². The van der Waals surface area contributed by atoms with Gasteiger partial charge in [-0.2, -0.15) is 0 Å². The number of aliphatic imine (C=N–C) groups is 1. The Bertz CT molecular complexity index is 192. The quantitative estimate of drug-likeness (QED) is 0.251. The molecule has 0 atom stereocenters. The summed E-state index contributed by atoms with van der Waals surface area (Å²) in [5.74, 6) is 0.511. The summed E-state index contributed by atoms with van der Waals surface area (Å²) in [6.07, 6.45) is 4.86. The molecule has 6 heteroatoms. The van der Waals surface area contributed by atoms with Gasteiger partial charge in [0.25, 0.3) is 0 Å². The van der Waals surface area contributed by atoms with Crippen molar-refractivity contribution in [3.8, 4) is 0 Å². The van der Waals surface area contributed by atoms with E-state index >= 15 is 0 Å². The summed E-state index contributed by atoms with van der Waals surface area (Å²) in [7, 11) is 1.66. The predicted octanol–water partition coefficient (Wildman–Crippen LogP) is 1.75. The Hall–Kier alpha value is -0.0800. The van der Waals surface area contributed by atoms with Crippen LogP contribution in [0.3, 0.4) is 0 Å². The van der Waals surface area contributed by atoms with E-state index in [9.17, 15) is 0 Å². The molecule has 0 fully saturated rings. The highest BCUT2D eigenvalue weighted by atomic mass is 127. The molecule has 0 radical (unpaired) electrons. The summed E-state index contributed by atoms with van der Waals surface area (Å²) in [6, 6.07) is 0. The number of hydrogen-bond acceptors (Lipinski definition) is 3. The smallest absolute Gasteiger partial charge is 0.188 e. The first kappa shape index (κ1) is 20.2. The van der Waals surface area contributed by atoms with Gasteiger partial charge < -0.3 is 20.5 Å². The van der Waals surface area contributed by atoms with E-state index < -0.39 is 0 Å². The van der Waals surface area contributed by atoms with Crippen LogP contribution in [0.5, 0.6) is 0 Å². The number of nitrogens with zero attached hydrogens (tertiary/aromatic N) is 1. The molecular weight excluding hydrogens is 345 g/mol. The zero-order valence-corrected chi connectivity index (χ0v) is 13.9. The van der Waals surface area contributed by atoms with Crippen LogP contribution in [-0.4, -0.2) is 46.0 Å². The standard InChI is InChI=1S/C12H27N3O2.HI/c1-3-4-5-6-7-14-12(13)15-8-9-17-11-10-16-2;/h3-11H2,1-2H3,(H3,13,14,15);1H. The van der Waals surface area contributed by atoms with Gasteiger partial charge in [-0.1, -0.05) is 26.2 Å². The molecule has 0 aliphatic rings. The molecule has 0 saturated carbocycles. The Balaban J connectivity index is 0. The molecule has 0 aliphatic heterocycles. The summed E-state index contributed by atoms with van der Waals surface area (Å²) in [4.78, 5) is 4.23. The van der Waals surface area contributed by atoms with Crippen molar-refractivity contribution in [2.24, 2.45) is 10.7 Å². The molecule has 5 nitrogen and oxygen atoms in total. The summed E-state index contributed by atoms with van der Waals surface area (Å²) < 4.78 is 10.1. The summed E-state index contributed by atoms with van der Waals surface area (Å²) >= 11 is 0. The van der Waals surface area contributed by atoms with Gasteiger partial charge in [-0.3, -0.25) is 4.99 Å². The van der Waals surface area contributed by atoms with Crippen molar-refractivity contribution in [2.45, 2.75) is 32.6 Å². The van der Waals surface area contributed by atoms with E-state index in [0.717, 1.165) is 13.0 Å². The molecule has 0 spiro atoms. The lowest BCUT2D eigenvalue weighted by Crippen LogP contribution is -2.34. The first-order chi connectivity index (χ1) is 8.31. The zero-order valence-electron chi connectivity index (χ0n) is 11.6.